The normalized spacial score (nSPS) is 27.0. The molecule has 118 valence electrons. The van der Waals surface area contributed by atoms with E-state index >= 15 is 0 Å². The lowest BCUT2D eigenvalue weighted by Crippen LogP contribution is -2.45. The highest BCUT2D eigenvalue weighted by molar-refractivity contribution is 5.80. The van der Waals surface area contributed by atoms with Crippen molar-refractivity contribution in [2.24, 2.45) is 0 Å². The summed E-state index contributed by atoms with van der Waals surface area (Å²) in [6.07, 6.45) is -0.0309. The van der Waals surface area contributed by atoms with Gasteiger partial charge >= 0.3 is 0 Å². The third-order valence-corrected chi connectivity index (χ3v) is 4.51. The molecule has 4 rings (SSSR count). The number of hydrogen-bond donors (Lipinski definition) is 0. The number of amides is 1. The largest absolute Gasteiger partial charge is 0.346 e. The van der Waals surface area contributed by atoms with E-state index in [0.717, 1.165) is 11.1 Å². The maximum Gasteiger partial charge on any atom is 0.225 e. The highest BCUT2D eigenvalue weighted by atomic mass is 16.7. The maximum atomic E-state index is 12.4. The first kappa shape index (κ1) is 14.4. The molecule has 4 nitrogen and oxygen atoms in total. The van der Waals surface area contributed by atoms with Crippen LogP contribution < -0.4 is 0 Å². The number of likely N-dealkylation sites (tertiary alicyclic amines) is 1. The first-order valence-corrected chi connectivity index (χ1v) is 7.96. The van der Waals surface area contributed by atoms with E-state index in [9.17, 15) is 4.79 Å². The summed E-state index contributed by atoms with van der Waals surface area (Å²) in [6, 6.07) is 19.9. The lowest BCUT2D eigenvalue weighted by Gasteiger charge is -2.36. The molecule has 23 heavy (non-hydrogen) atoms. The van der Waals surface area contributed by atoms with Gasteiger partial charge in [0.15, 0.2) is 6.29 Å². The molecule has 0 radical (unpaired) electrons. The SMILES string of the molecule is O=C1CC2OC(c3ccccc3)OCC2N1Cc1ccccc1. The minimum atomic E-state index is -0.373. The van der Waals surface area contributed by atoms with Crippen LogP contribution in [0.25, 0.3) is 0 Å². The van der Waals surface area contributed by atoms with Crippen molar-refractivity contribution < 1.29 is 14.3 Å². The Morgan fingerprint density at radius 1 is 1.00 bits per heavy atom. The van der Waals surface area contributed by atoms with E-state index in [4.69, 9.17) is 9.47 Å². The monoisotopic (exact) mass is 309 g/mol. The Morgan fingerprint density at radius 2 is 1.70 bits per heavy atom. The molecule has 0 N–H and O–H groups in total. The Morgan fingerprint density at radius 3 is 2.43 bits per heavy atom. The molecule has 0 aromatic heterocycles. The van der Waals surface area contributed by atoms with Crippen molar-refractivity contribution in [3.05, 3.63) is 71.8 Å². The lowest BCUT2D eigenvalue weighted by atomic mass is 10.1. The second-order valence-corrected chi connectivity index (χ2v) is 6.03. The molecule has 4 heteroatoms. The van der Waals surface area contributed by atoms with Gasteiger partial charge in [0, 0.05) is 12.1 Å². The van der Waals surface area contributed by atoms with Crippen molar-refractivity contribution in [1.29, 1.82) is 0 Å². The zero-order chi connectivity index (χ0) is 15.6. The molecule has 3 atom stereocenters. The molecule has 3 unspecified atom stereocenters. The molecule has 2 fully saturated rings. The zero-order valence-corrected chi connectivity index (χ0v) is 12.8. The Labute approximate surface area is 135 Å². The van der Waals surface area contributed by atoms with Crippen LogP contribution in [0.4, 0.5) is 0 Å². The molecule has 0 saturated carbocycles. The van der Waals surface area contributed by atoms with Crippen molar-refractivity contribution in [2.45, 2.75) is 31.4 Å². The summed E-state index contributed by atoms with van der Waals surface area (Å²) in [7, 11) is 0. The molecule has 2 heterocycles. The smallest absolute Gasteiger partial charge is 0.225 e. The van der Waals surface area contributed by atoms with Gasteiger partial charge in [-0.1, -0.05) is 60.7 Å². The molecule has 0 bridgehead atoms. The van der Waals surface area contributed by atoms with Gasteiger partial charge in [0.2, 0.25) is 5.91 Å². The fourth-order valence-electron chi connectivity index (χ4n) is 3.30. The summed E-state index contributed by atoms with van der Waals surface area (Å²) in [6.45, 7) is 1.13. The summed E-state index contributed by atoms with van der Waals surface area (Å²) < 4.78 is 11.9. The van der Waals surface area contributed by atoms with E-state index in [1.165, 1.54) is 0 Å². The number of rotatable bonds is 3. The van der Waals surface area contributed by atoms with Crippen LogP contribution >= 0.6 is 0 Å². The van der Waals surface area contributed by atoms with Gasteiger partial charge in [0.05, 0.1) is 25.2 Å². The molecule has 1 amide bonds. The number of ether oxygens (including phenoxy) is 2. The van der Waals surface area contributed by atoms with Gasteiger partial charge in [-0.25, -0.2) is 0 Å². The summed E-state index contributed by atoms with van der Waals surface area (Å²) in [4.78, 5) is 14.3. The van der Waals surface area contributed by atoms with E-state index < -0.39 is 0 Å². The van der Waals surface area contributed by atoms with Gasteiger partial charge in [-0.15, -0.1) is 0 Å². The van der Waals surface area contributed by atoms with Crippen LogP contribution in [0.3, 0.4) is 0 Å². The van der Waals surface area contributed by atoms with Gasteiger partial charge in [0.1, 0.15) is 0 Å². The van der Waals surface area contributed by atoms with Crippen LogP contribution in [-0.2, 0) is 20.8 Å². The summed E-state index contributed by atoms with van der Waals surface area (Å²) in [5.41, 5.74) is 2.13. The highest BCUT2D eigenvalue weighted by Gasteiger charge is 2.45. The third kappa shape index (κ3) is 2.87. The summed E-state index contributed by atoms with van der Waals surface area (Å²) in [5, 5.41) is 0. The second kappa shape index (κ2) is 6.14. The van der Waals surface area contributed by atoms with Gasteiger partial charge in [-0.2, -0.15) is 0 Å². The number of benzene rings is 2. The van der Waals surface area contributed by atoms with Gasteiger partial charge < -0.3 is 14.4 Å². The Hall–Kier alpha value is -2.17. The average Bonchev–Trinajstić information content (AvgIpc) is 2.91. The van der Waals surface area contributed by atoms with E-state index in [1.807, 2.05) is 65.6 Å². The predicted octanol–water partition coefficient (Wildman–Crippen LogP) is 2.90. The van der Waals surface area contributed by atoms with Crippen molar-refractivity contribution in [1.82, 2.24) is 4.90 Å². The minimum absolute atomic E-state index is 0.00247. The minimum Gasteiger partial charge on any atom is -0.346 e. The topological polar surface area (TPSA) is 38.8 Å². The van der Waals surface area contributed by atoms with E-state index in [-0.39, 0.29) is 24.3 Å². The maximum absolute atomic E-state index is 12.4. The van der Waals surface area contributed by atoms with Crippen LogP contribution in [0, 0.1) is 0 Å². The molecule has 2 aromatic carbocycles. The molecule has 2 aromatic rings. The average molecular weight is 309 g/mol. The fourth-order valence-corrected chi connectivity index (χ4v) is 3.30. The van der Waals surface area contributed by atoms with Gasteiger partial charge in [-0.3, -0.25) is 4.79 Å². The highest BCUT2D eigenvalue weighted by Crippen LogP contribution is 2.34. The van der Waals surface area contributed by atoms with Crippen molar-refractivity contribution in [3.8, 4) is 0 Å². The quantitative estimate of drug-likeness (QED) is 0.875. The van der Waals surface area contributed by atoms with Crippen LogP contribution in [0.5, 0.6) is 0 Å². The molecule has 2 aliphatic rings. The van der Waals surface area contributed by atoms with Crippen LogP contribution in [-0.4, -0.2) is 29.6 Å². The second-order valence-electron chi connectivity index (χ2n) is 6.03. The standard InChI is InChI=1S/C19H19NO3/c21-18-11-17-16(20(18)12-14-7-3-1-4-8-14)13-22-19(23-17)15-9-5-2-6-10-15/h1-10,16-17,19H,11-13H2. The van der Waals surface area contributed by atoms with Crippen molar-refractivity contribution in [3.63, 3.8) is 0 Å². The fraction of sp³-hybridized carbons (Fsp3) is 0.316. The van der Waals surface area contributed by atoms with E-state index in [1.54, 1.807) is 0 Å². The molecule has 2 saturated heterocycles. The van der Waals surface area contributed by atoms with Crippen LogP contribution in [0.1, 0.15) is 23.8 Å². The van der Waals surface area contributed by atoms with Crippen molar-refractivity contribution >= 4 is 5.91 Å². The third-order valence-electron chi connectivity index (χ3n) is 4.51. The number of carbonyl (C=O) groups is 1. The van der Waals surface area contributed by atoms with E-state index in [2.05, 4.69) is 0 Å². The Bertz CT molecular complexity index is 674. The van der Waals surface area contributed by atoms with Gasteiger partial charge in [0.25, 0.3) is 0 Å². The first-order chi connectivity index (χ1) is 11.3. The summed E-state index contributed by atoms with van der Waals surface area (Å²) >= 11 is 0. The lowest BCUT2D eigenvalue weighted by molar-refractivity contribution is -0.230. The Balaban J connectivity index is 1.47. The molecule has 0 spiro atoms. The van der Waals surface area contributed by atoms with Crippen LogP contribution in [0.15, 0.2) is 60.7 Å². The number of nitrogens with zero attached hydrogens (tertiary/aromatic N) is 1. The van der Waals surface area contributed by atoms with Gasteiger partial charge in [-0.05, 0) is 5.56 Å². The Kier molecular flexibility index (Phi) is 3.85. The van der Waals surface area contributed by atoms with Crippen LogP contribution in [0.2, 0.25) is 0 Å². The molecule has 0 aliphatic carbocycles. The number of hydrogen-bond acceptors (Lipinski definition) is 3. The number of fused-ring (bicyclic) bond motifs is 1. The first-order valence-electron chi connectivity index (χ1n) is 7.96. The molecule has 2 aliphatic heterocycles. The van der Waals surface area contributed by atoms with E-state index in [0.29, 0.717) is 19.6 Å². The predicted molar refractivity (Wildman–Crippen MR) is 85.4 cm³/mol. The van der Waals surface area contributed by atoms with Crippen molar-refractivity contribution in [2.75, 3.05) is 6.61 Å². The number of carbonyl (C=O) groups excluding carboxylic acids is 1. The summed E-state index contributed by atoms with van der Waals surface area (Å²) in [5.74, 6) is 0.140. The zero-order valence-electron chi connectivity index (χ0n) is 12.8. The molecular weight excluding hydrogens is 290 g/mol. The molecular formula is C19H19NO3.